The molecule has 0 aromatic rings. The highest BCUT2D eigenvalue weighted by Gasteiger charge is 2.48. The van der Waals surface area contributed by atoms with Crippen molar-refractivity contribution in [2.75, 3.05) is 34.3 Å². The molecule has 2 rings (SSSR count). The molecule has 1 saturated carbocycles. The molecule has 158 valence electrons. The third-order valence-corrected chi connectivity index (χ3v) is 5.53. The predicted molar refractivity (Wildman–Crippen MR) is 99.7 cm³/mol. The number of methoxy groups -OCH3 is 1. The first-order valence-corrected chi connectivity index (χ1v) is 9.47. The van der Waals surface area contributed by atoms with E-state index in [-0.39, 0.29) is 24.6 Å². The molecule has 8 N–H and O–H groups in total. The van der Waals surface area contributed by atoms with E-state index in [1.807, 2.05) is 7.05 Å². The monoisotopic (exact) mass is 389 g/mol. The first kappa shape index (κ1) is 22.4. The van der Waals surface area contributed by atoms with Crippen molar-refractivity contribution in [3.05, 3.63) is 0 Å². The largest absolute Gasteiger partial charge is 0.388 e. The van der Waals surface area contributed by atoms with Gasteiger partial charge in [0.1, 0.15) is 12.2 Å². The zero-order chi connectivity index (χ0) is 20.1. The second kappa shape index (κ2) is 10.1. The van der Waals surface area contributed by atoms with Crippen LogP contribution in [0, 0.1) is 0 Å². The van der Waals surface area contributed by atoms with Crippen LogP contribution >= 0.6 is 0 Å². The van der Waals surface area contributed by atoms with Crippen molar-refractivity contribution in [1.82, 2.24) is 10.2 Å². The van der Waals surface area contributed by atoms with E-state index >= 15 is 0 Å². The summed E-state index contributed by atoms with van der Waals surface area (Å²) < 4.78 is 17.5. The molecule has 0 unspecified atom stereocenters. The lowest BCUT2D eigenvalue weighted by Crippen LogP contribution is -2.67. The number of ether oxygens (including phenoxy) is 3. The topological polar surface area (TPSA) is 158 Å². The van der Waals surface area contributed by atoms with Crippen LogP contribution in [0.5, 0.6) is 0 Å². The summed E-state index contributed by atoms with van der Waals surface area (Å²) in [5.74, 6) is -0.296. The van der Waals surface area contributed by atoms with Gasteiger partial charge >= 0.3 is 0 Å². The summed E-state index contributed by atoms with van der Waals surface area (Å²) in [6.45, 7) is 0.532. The Balaban J connectivity index is 2.13. The Morgan fingerprint density at radius 1 is 1.33 bits per heavy atom. The van der Waals surface area contributed by atoms with Crippen LogP contribution in [0.4, 0.5) is 0 Å². The highest BCUT2D eigenvalue weighted by molar-refractivity contribution is 5.78. The van der Waals surface area contributed by atoms with Crippen molar-refractivity contribution >= 4 is 5.91 Å². The first-order chi connectivity index (χ1) is 12.8. The van der Waals surface area contributed by atoms with Crippen molar-refractivity contribution < 1.29 is 24.1 Å². The third-order valence-electron chi connectivity index (χ3n) is 5.53. The molecule has 1 aliphatic carbocycles. The summed E-state index contributed by atoms with van der Waals surface area (Å²) >= 11 is 0. The van der Waals surface area contributed by atoms with E-state index in [4.69, 9.17) is 31.4 Å². The smallest absolute Gasteiger partial charge is 0.236 e. The van der Waals surface area contributed by atoms with Crippen LogP contribution in [0.3, 0.4) is 0 Å². The Kier molecular flexibility index (Phi) is 8.38. The number of nitrogens with zero attached hydrogens (tertiary/aromatic N) is 1. The fraction of sp³-hybridized carbons (Fsp3) is 0.941. The molecule has 0 radical (unpaired) electrons. The number of aliphatic hydroxyl groups excluding tert-OH is 1. The molecule has 10 heteroatoms. The lowest BCUT2D eigenvalue weighted by molar-refractivity contribution is -0.254. The molecule has 0 bridgehead atoms. The summed E-state index contributed by atoms with van der Waals surface area (Å²) in [6.07, 6.45) is -0.883. The first-order valence-electron chi connectivity index (χ1n) is 9.47. The maximum Gasteiger partial charge on any atom is 0.236 e. The van der Waals surface area contributed by atoms with E-state index in [0.29, 0.717) is 13.0 Å². The number of hydrogen-bond donors (Lipinski definition) is 5. The van der Waals surface area contributed by atoms with Crippen molar-refractivity contribution in [1.29, 1.82) is 0 Å². The van der Waals surface area contributed by atoms with E-state index in [9.17, 15) is 9.90 Å². The van der Waals surface area contributed by atoms with Gasteiger partial charge in [-0.3, -0.25) is 4.79 Å². The Bertz CT molecular complexity index is 485. The third kappa shape index (κ3) is 5.15. The fourth-order valence-corrected chi connectivity index (χ4v) is 3.95. The number of rotatable bonds is 7. The van der Waals surface area contributed by atoms with Gasteiger partial charge in [-0.05, 0) is 26.3 Å². The van der Waals surface area contributed by atoms with Gasteiger partial charge in [-0.15, -0.1) is 0 Å². The van der Waals surface area contributed by atoms with E-state index in [0.717, 1.165) is 12.8 Å². The highest BCUT2D eigenvalue weighted by Crippen LogP contribution is 2.30. The summed E-state index contributed by atoms with van der Waals surface area (Å²) in [4.78, 5) is 13.5. The van der Waals surface area contributed by atoms with Crippen LogP contribution in [0.25, 0.3) is 0 Å². The van der Waals surface area contributed by atoms with Gasteiger partial charge in [-0.25, -0.2) is 0 Å². The van der Waals surface area contributed by atoms with Crippen LogP contribution < -0.4 is 22.5 Å². The number of likely N-dealkylation sites (N-methyl/N-ethyl adjacent to an activating group) is 2. The zero-order valence-corrected chi connectivity index (χ0v) is 16.4. The van der Waals surface area contributed by atoms with Crippen molar-refractivity contribution in [3.63, 3.8) is 0 Å². The molecule has 1 aliphatic heterocycles. The van der Waals surface area contributed by atoms with Gasteiger partial charge in [-0.2, -0.15) is 0 Å². The molecule has 2 fully saturated rings. The average molecular weight is 389 g/mol. The number of hydrogen-bond acceptors (Lipinski definition) is 9. The van der Waals surface area contributed by atoms with Gasteiger partial charge in [0.15, 0.2) is 6.29 Å². The van der Waals surface area contributed by atoms with Gasteiger partial charge in [-0.1, -0.05) is 0 Å². The van der Waals surface area contributed by atoms with E-state index in [1.165, 1.54) is 12.0 Å². The Morgan fingerprint density at radius 3 is 2.63 bits per heavy atom. The standard InChI is InChI=1S/C17H35N5O5/c1-21-8-9-4-5-10(19)17(26-9)27-16-11(20)6-12(25-3)14(15(16)24)22(2)13(23)7-18/h9-12,14-17,21,24H,4-8,18-20H2,1-3H3/t9-,10-,11+,12+,14-,15-,16-,17-/m1/s1. The summed E-state index contributed by atoms with van der Waals surface area (Å²) in [5.41, 5.74) is 17.9. The molecule has 0 aromatic carbocycles. The molecular weight excluding hydrogens is 354 g/mol. The summed E-state index contributed by atoms with van der Waals surface area (Å²) in [5, 5.41) is 14.1. The minimum Gasteiger partial charge on any atom is -0.388 e. The van der Waals surface area contributed by atoms with Crippen molar-refractivity contribution in [2.24, 2.45) is 17.2 Å². The fourth-order valence-electron chi connectivity index (χ4n) is 3.95. The Morgan fingerprint density at radius 2 is 2.04 bits per heavy atom. The Hall–Kier alpha value is -0.850. The SMILES string of the molecule is CNC[C@H]1CC[C@@H](N)[C@@H](O[C@H]2[C@H](O)[C@H](N(C)C(=O)CN)[C@@H](OC)C[C@@H]2N)O1. The van der Waals surface area contributed by atoms with Crippen molar-refractivity contribution in [3.8, 4) is 0 Å². The van der Waals surface area contributed by atoms with E-state index in [2.05, 4.69) is 5.32 Å². The van der Waals surface area contributed by atoms with Crippen molar-refractivity contribution in [2.45, 2.75) is 68.1 Å². The Labute approximate surface area is 160 Å². The normalized spacial score (nSPS) is 40.0. The molecule has 1 heterocycles. The second-order valence-electron chi connectivity index (χ2n) is 7.39. The van der Waals surface area contributed by atoms with Gasteiger partial charge in [0, 0.05) is 26.7 Å². The van der Waals surface area contributed by atoms with Crippen LogP contribution in [0.1, 0.15) is 19.3 Å². The average Bonchev–Trinajstić information content (AvgIpc) is 2.65. The number of aliphatic hydroxyl groups is 1. The van der Waals surface area contributed by atoms with Crippen LogP contribution in [-0.2, 0) is 19.0 Å². The van der Waals surface area contributed by atoms with E-state index in [1.54, 1.807) is 7.05 Å². The molecule has 8 atom stereocenters. The summed E-state index contributed by atoms with van der Waals surface area (Å²) in [6, 6.07) is -1.41. The minimum atomic E-state index is -1.06. The number of nitrogens with two attached hydrogens (primary N) is 3. The number of nitrogens with one attached hydrogen (secondary N) is 1. The zero-order valence-electron chi connectivity index (χ0n) is 16.4. The molecule has 0 aromatic heterocycles. The van der Waals surface area contributed by atoms with Crippen LogP contribution in [0.2, 0.25) is 0 Å². The molecular formula is C17H35N5O5. The van der Waals surface area contributed by atoms with Gasteiger partial charge in [0.05, 0.1) is 30.8 Å². The quantitative estimate of drug-likeness (QED) is 0.313. The molecule has 10 nitrogen and oxygen atoms in total. The molecule has 27 heavy (non-hydrogen) atoms. The van der Waals surface area contributed by atoms with Gasteiger partial charge in [0.2, 0.25) is 5.91 Å². The second-order valence-corrected chi connectivity index (χ2v) is 7.39. The molecule has 1 amide bonds. The molecule has 2 aliphatic rings. The predicted octanol–water partition coefficient (Wildman–Crippen LogP) is -2.68. The van der Waals surface area contributed by atoms with E-state index < -0.39 is 36.7 Å². The lowest BCUT2D eigenvalue weighted by atomic mass is 9.83. The highest BCUT2D eigenvalue weighted by atomic mass is 16.7. The maximum absolute atomic E-state index is 12.1. The number of amides is 1. The minimum absolute atomic E-state index is 0.0132. The van der Waals surface area contributed by atoms with Gasteiger partial charge in [0.25, 0.3) is 0 Å². The van der Waals surface area contributed by atoms with Crippen LogP contribution in [-0.4, -0.2) is 99.0 Å². The molecule has 1 saturated heterocycles. The number of carbonyl (C=O) groups is 1. The lowest BCUT2D eigenvalue weighted by Gasteiger charge is -2.48. The number of carbonyl (C=O) groups excluding carboxylic acids is 1. The van der Waals surface area contributed by atoms with Gasteiger partial charge < -0.3 is 46.7 Å². The molecule has 0 spiro atoms. The van der Waals surface area contributed by atoms with Crippen LogP contribution in [0.15, 0.2) is 0 Å². The maximum atomic E-state index is 12.1. The summed E-state index contributed by atoms with van der Waals surface area (Å²) in [7, 11) is 4.98.